The van der Waals surface area contributed by atoms with E-state index in [4.69, 9.17) is 0 Å². The van der Waals surface area contributed by atoms with Crippen LogP contribution in [0.3, 0.4) is 0 Å². The molecular weight excluding hydrogens is 292 g/mol. The summed E-state index contributed by atoms with van der Waals surface area (Å²) < 4.78 is 0. The van der Waals surface area contributed by atoms with Crippen molar-refractivity contribution < 1.29 is 4.79 Å². The normalized spacial score (nSPS) is 38.3. The Bertz CT molecular complexity index is 667. The number of aliphatic imine (C=N–C) groups is 1. The summed E-state index contributed by atoms with van der Waals surface area (Å²) in [4.78, 5) is 19.4. The number of amides is 1. The van der Waals surface area contributed by atoms with Gasteiger partial charge in [-0.05, 0) is 12.8 Å². The molecule has 1 spiro atoms. The minimum Gasteiger partial charge on any atom is -0.313 e. The van der Waals surface area contributed by atoms with Gasteiger partial charge in [0.05, 0.1) is 25.5 Å². The van der Waals surface area contributed by atoms with Crippen LogP contribution in [-0.2, 0) is 4.79 Å². The molecule has 3 fully saturated rings. The molecule has 2 N–H and O–H groups in total. The summed E-state index contributed by atoms with van der Waals surface area (Å²) in [6, 6.07) is 4.89. The van der Waals surface area contributed by atoms with E-state index in [2.05, 4.69) is 27.8 Å². The highest BCUT2D eigenvalue weighted by atomic mass is 16.2. The first-order chi connectivity index (χ1) is 11.2. The maximum Gasteiger partial charge on any atom is 0.251 e. The molecule has 4 rings (SSSR count). The second kappa shape index (κ2) is 4.77. The predicted octanol–water partition coefficient (Wildman–Crippen LogP) is 0.319. The number of carbonyl (C=O) groups excluding carboxylic acids is 1. The summed E-state index contributed by atoms with van der Waals surface area (Å²) in [7, 11) is 0. The van der Waals surface area contributed by atoms with Gasteiger partial charge in [-0.25, -0.2) is 0 Å². The molecule has 7 nitrogen and oxygen atoms in total. The Balaban J connectivity index is 2.02. The van der Waals surface area contributed by atoms with E-state index < -0.39 is 16.2 Å². The molecule has 0 radical (unpaired) electrons. The van der Waals surface area contributed by atoms with Gasteiger partial charge in [-0.15, -0.1) is 0 Å². The molecule has 2 saturated heterocycles. The molecular formula is C16H20N6O. The van der Waals surface area contributed by atoms with Crippen LogP contribution in [0, 0.1) is 38.9 Å². The minimum absolute atomic E-state index is 0.189. The fourth-order valence-electron chi connectivity index (χ4n) is 5.33. The van der Waals surface area contributed by atoms with Gasteiger partial charge in [-0.1, -0.05) is 19.3 Å². The van der Waals surface area contributed by atoms with E-state index in [1.165, 1.54) is 0 Å². The third-order valence-electron chi connectivity index (χ3n) is 6.36. The van der Waals surface area contributed by atoms with E-state index in [1.54, 1.807) is 4.90 Å². The van der Waals surface area contributed by atoms with Crippen molar-refractivity contribution >= 4 is 11.7 Å². The number of piperidine rings is 2. The lowest BCUT2D eigenvalue weighted by molar-refractivity contribution is -0.161. The summed E-state index contributed by atoms with van der Waals surface area (Å²) in [6.45, 7) is 1.55. The lowest BCUT2D eigenvalue weighted by Gasteiger charge is -2.64. The molecule has 0 aromatic heterocycles. The van der Waals surface area contributed by atoms with Gasteiger partial charge in [0, 0.05) is 18.5 Å². The van der Waals surface area contributed by atoms with Gasteiger partial charge in [-0.2, -0.15) is 10.5 Å². The maximum absolute atomic E-state index is 13.3. The van der Waals surface area contributed by atoms with Crippen LogP contribution in [-0.4, -0.2) is 43.1 Å². The van der Waals surface area contributed by atoms with Crippen LogP contribution < -0.4 is 10.6 Å². The molecule has 2 unspecified atom stereocenters. The molecule has 1 aliphatic carbocycles. The summed E-state index contributed by atoms with van der Waals surface area (Å²) in [5.74, 6) is 0.384. The number of nitrogens with zero attached hydrogens (tertiary/aromatic N) is 4. The Kier molecular flexibility index (Phi) is 3.03. The van der Waals surface area contributed by atoms with Gasteiger partial charge >= 0.3 is 0 Å². The van der Waals surface area contributed by atoms with Crippen molar-refractivity contribution in [2.75, 3.05) is 26.4 Å². The largest absolute Gasteiger partial charge is 0.313 e. The number of hydrogen-bond acceptors (Lipinski definition) is 6. The maximum atomic E-state index is 13.3. The first-order valence-electron chi connectivity index (χ1n) is 8.28. The molecule has 0 aromatic carbocycles. The Labute approximate surface area is 135 Å². The van der Waals surface area contributed by atoms with E-state index in [-0.39, 0.29) is 5.91 Å². The van der Waals surface area contributed by atoms with E-state index in [1.807, 2.05) is 0 Å². The van der Waals surface area contributed by atoms with Crippen molar-refractivity contribution in [3.63, 3.8) is 0 Å². The number of fused-ring (bicyclic) bond motifs is 2. The van der Waals surface area contributed by atoms with Crippen molar-refractivity contribution in [2.45, 2.75) is 32.1 Å². The quantitative estimate of drug-likeness (QED) is 0.670. The van der Waals surface area contributed by atoms with Gasteiger partial charge in [-0.3, -0.25) is 20.0 Å². The highest BCUT2D eigenvalue weighted by Crippen LogP contribution is 2.65. The lowest BCUT2D eigenvalue weighted by Crippen LogP contribution is -2.79. The van der Waals surface area contributed by atoms with Gasteiger partial charge in [0.2, 0.25) is 0 Å². The lowest BCUT2D eigenvalue weighted by atomic mass is 9.42. The molecule has 120 valence electrons. The Morgan fingerprint density at radius 2 is 1.74 bits per heavy atom. The molecule has 1 amide bonds. The molecule has 3 aliphatic heterocycles. The highest BCUT2D eigenvalue weighted by molar-refractivity contribution is 6.10. The number of carbonyl (C=O) groups is 1. The molecule has 1 saturated carbocycles. The fraction of sp³-hybridized carbons (Fsp3) is 0.750. The summed E-state index contributed by atoms with van der Waals surface area (Å²) >= 11 is 0. The van der Waals surface area contributed by atoms with Crippen molar-refractivity contribution in [3.05, 3.63) is 0 Å². The van der Waals surface area contributed by atoms with Crippen LogP contribution >= 0.6 is 0 Å². The Morgan fingerprint density at radius 1 is 1.04 bits per heavy atom. The molecule has 3 heterocycles. The number of amidine groups is 1. The SMILES string of the molecule is N#CC12CNCC(C#N)(C3=NCNCN3C1=O)C21CCCCC1. The molecule has 2 atom stereocenters. The second-order valence-corrected chi connectivity index (χ2v) is 7.06. The fourth-order valence-corrected chi connectivity index (χ4v) is 5.33. The minimum atomic E-state index is -1.17. The van der Waals surface area contributed by atoms with E-state index in [0.717, 1.165) is 32.1 Å². The van der Waals surface area contributed by atoms with Crippen LogP contribution in [0.5, 0.6) is 0 Å². The van der Waals surface area contributed by atoms with Gasteiger partial charge in [0.25, 0.3) is 5.91 Å². The van der Waals surface area contributed by atoms with Gasteiger partial charge < -0.3 is 5.32 Å². The van der Waals surface area contributed by atoms with Crippen molar-refractivity contribution in [1.29, 1.82) is 10.5 Å². The third kappa shape index (κ3) is 1.45. The average Bonchev–Trinajstić information content (AvgIpc) is 2.61. The zero-order chi connectivity index (χ0) is 16.1. The number of nitriles is 2. The van der Waals surface area contributed by atoms with Crippen LogP contribution in [0.1, 0.15) is 32.1 Å². The zero-order valence-corrected chi connectivity index (χ0v) is 13.1. The van der Waals surface area contributed by atoms with E-state index in [9.17, 15) is 15.3 Å². The highest BCUT2D eigenvalue weighted by Gasteiger charge is 2.75. The van der Waals surface area contributed by atoms with Crippen LogP contribution in [0.15, 0.2) is 4.99 Å². The van der Waals surface area contributed by atoms with Crippen molar-refractivity contribution in [2.24, 2.45) is 21.2 Å². The van der Waals surface area contributed by atoms with Crippen LogP contribution in [0.2, 0.25) is 0 Å². The summed E-state index contributed by atoms with van der Waals surface area (Å²) in [5.41, 5.74) is -2.67. The average molecular weight is 312 g/mol. The molecule has 0 aromatic rings. The van der Waals surface area contributed by atoms with E-state index in [0.29, 0.717) is 32.3 Å². The van der Waals surface area contributed by atoms with Gasteiger partial charge in [0.15, 0.2) is 5.41 Å². The molecule has 7 heteroatoms. The predicted molar refractivity (Wildman–Crippen MR) is 81.6 cm³/mol. The number of nitrogens with one attached hydrogen (secondary N) is 2. The van der Waals surface area contributed by atoms with Crippen molar-refractivity contribution in [1.82, 2.24) is 15.5 Å². The third-order valence-corrected chi connectivity index (χ3v) is 6.36. The molecule has 23 heavy (non-hydrogen) atoms. The molecule has 2 bridgehead atoms. The first kappa shape index (κ1) is 14.6. The number of rotatable bonds is 0. The van der Waals surface area contributed by atoms with Gasteiger partial charge in [0.1, 0.15) is 11.3 Å². The number of hydrogen-bond donors (Lipinski definition) is 2. The van der Waals surface area contributed by atoms with Crippen molar-refractivity contribution in [3.8, 4) is 12.1 Å². The first-order valence-corrected chi connectivity index (χ1v) is 8.28. The smallest absolute Gasteiger partial charge is 0.251 e. The monoisotopic (exact) mass is 312 g/mol. The van der Waals surface area contributed by atoms with Crippen LogP contribution in [0.4, 0.5) is 0 Å². The zero-order valence-electron chi connectivity index (χ0n) is 13.1. The topological polar surface area (TPSA) is 104 Å². The Morgan fingerprint density at radius 3 is 2.43 bits per heavy atom. The summed E-state index contributed by atoms with van der Waals surface area (Å²) in [5, 5.41) is 26.5. The Hall–Kier alpha value is -1.96. The molecule has 4 aliphatic rings. The standard InChI is InChI=1S/C16H20N6O/c17-6-14-8-19-9-15(7-18,16(14)4-2-1-3-5-16)13(23)22-11-20-10-21-12(14)22/h19-20H,1-5,8-11H2. The summed E-state index contributed by atoms with van der Waals surface area (Å²) in [6.07, 6.45) is 4.53. The van der Waals surface area contributed by atoms with Crippen LogP contribution in [0.25, 0.3) is 0 Å². The van der Waals surface area contributed by atoms with E-state index >= 15 is 0 Å². The second-order valence-electron chi connectivity index (χ2n) is 7.06.